The summed E-state index contributed by atoms with van der Waals surface area (Å²) >= 11 is 0. The first-order chi connectivity index (χ1) is 18.4. The molecule has 5 rings (SSSR count). The van der Waals surface area contributed by atoms with Crippen LogP contribution in [0, 0.1) is 17.1 Å². The summed E-state index contributed by atoms with van der Waals surface area (Å²) in [4.78, 5) is 28.9. The Hall–Kier alpha value is -4.43. The van der Waals surface area contributed by atoms with Crippen molar-refractivity contribution >= 4 is 17.5 Å². The maximum absolute atomic E-state index is 14.6. The number of halogens is 1. The van der Waals surface area contributed by atoms with Crippen LogP contribution in [0.3, 0.4) is 0 Å². The molecule has 0 aliphatic carbocycles. The summed E-state index contributed by atoms with van der Waals surface area (Å²) in [5, 5.41) is 16.6. The minimum atomic E-state index is -0.668. The molecule has 2 aliphatic heterocycles. The highest BCUT2D eigenvalue weighted by atomic mass is 19.1. The molecule has 10 nitrogen and oxygen atoms in total. The molecule has 2 saturated heterocycles. The largest absolute Gasteiger partial charge is 0.494 e. The smallest absolute Gasteiger partial charge is 0.274 e. The van der Waals surface area contributed by atoms with Crippen LogP contribution in [0.4, 0.5) is 10.1 Å². The molecule has 196 valence electrons. The lowest BCUT2D eigenvalue weighted by Gasteiger charge is -2.30. The van der Waals surface area contributed by atoms with Gasteiger partial charge in [0.2, 0.25) is 5.91 Å². The molecular weight excluding hydrogens is 489 g/mol. The zero-order valence-electron chi connectivity index (χ0n) is 21.0. The number of ether oxygens (including phenoxy) is 1. The number of carbonyl (C=O) groups is 2. The van der Waals surface area contributed by atoms with Gasteiger partial charge < -0.3 is 25.6 Å². The number of piperidine rings is 1. The average Bonchev–Trinajstić information content (AvgIpc) is 3.37. The van der Waals surface area contributed by atoms with Crippen molar-refractivity contribution in [2.45, 2.75) is 18.9 Å². The highest BCUT2D eigenvalue weighted by Gasteiger charge is 2.27. The van der Waals surface area contributed by atoms with Crippen molar-refractivity contribution in [1.29, 1.82) is 5.26 Å². The van der Waals surface area contributed by atoms with E-state index >= 15 is 0 Å². The van der Waals surface area contributed by atoms with Crippen molar-refractivity contribution in [2.75, 3.05) is 44.7 Å². The van der Waals surface area contributed by atoms with E-state index < -0.39 is 5.82 Å². The standard InChI is InChI=1S/C27H28FN7O3/c1-38-25-12-20(33-10-8-31-26(36)16-33)6-7-23(25)35-24(17-4-5-18(14-29)21(28)11-17)13-22(32-35)27(37)34-9-2-3-19(30)15-34/h4-7,11-13,19H,2-3,8-10,15-16,30H2,1H3,(H,31,36)/t19-/m1/s1. The van der Waals surface area contributed by atoms with E-state index in [0.29, 0.717) is 48.9 Å². The molecule has 0 unspecified atom stereocenters. The van der Waals surface area contributed by atoms with Gasteiger partial charge in [0.25, 0.3) is 5.91 Å². The fourth-order valence-corrected chi connectivity index (χ4v) is 4.89. The molecule has 1 aromatic heterocycles. The van der Waals surface area contributed by atoms with Gasteiger partial charge in [0, 0.05) is 49.5 Å². The fraction of sp³-hybridized carbons (Fsp3) is 0.333. The molecule has 2 fully saturated rings. The van der Waals surface area contributed by atoms with Gasteiger partial charge in [-0.25, -0.2) is 9.07 Å². The first kappa shape index (κ1) is 25.2. The maximum Gasteiger partial charge on any atom is 0.274 e. The number of hydrogen-bond acceptors (Lipinski definition) is 7. The molecule has 0 saturated carbocycles. The normalized spacial score (nSPS) is 17.6. The average molecular weight is 518 g/mol. The van der Waals surface area contributed by atoms with Gasteiger partial charge >= 0.3 is 0 Å². The molecule has 0 spiro atoms. The molecule has 3 N–H and O–H groups in total. The van der Waals surface area contributed by atoms with Crippen LogP contribution in [0.1, 0.15) is 28.9 Å². The van der Waals surface area contributed by atoms with Crippen molar-refractivity contribution < 1.29 is 18.7 Å². The zero-order chi connectivity index (χ0) is 26.8. The number of likely N-dealkylation sites (tertiary alicyclic amines) is 1. The van der Waals surface area contributed by atoms with Crippen LogP contribution >= 0.6 is 0 Å². The Balaban J connectivity index is 1.59. The number of aromatic nitrogens is 2. The van der Waals surface area contributed by atoms with Crippen LogP contribution in [-0.2, 0) is 4.79 Å². The number of nitriles is 1. The number of hydrogen-bond donors (Lipinski definition) is 2. The van der Waals surface area contributed by atoms with Gasteiger partial charge in [-0.3, -0.25) is 9.59 Å². The van der Waals surface area contributed by atoms with Gasteiger partial charge in [-0.15, -0.1) is 0 Å². The molecule has 0 bridgehead atoms. The highest BCUT2D eigenvalue weighted by molar-refractivity contribution is 5.94. The fourth-order valence-electron chi connectivity index (χ4n) is 4.89. The second-order valence-corrected chi connectivity index (χ2v) is 9.41. The van der Waals surface area contributed by atoms with Crippen LogP contribution in [0.2, 0.25) is 0 Å². The first-order valence-electron chi connectivity index (χ1n) is 12.4. The molecule has 2 aromatic carbocycles. The van der Waals surface area contributed by atoms with E-state index in [1.165, 1.54) is 19.2 Å². The monoisotopic (exact) mass is 517 g/mol. The number of nitrogens with one attached hydrogen (secondary N) is 1. The number of anilines is 1. The highest BCUT2D eigenvalue weighted by Crippen LogP contribution is 2.33. The molecule has 3 aromatic rings. The lowest BCUT2D eigenvalue weighted by atomic mass is 10.1. The zero-order valence-corrected chi connectivity index (χ0v) is 21.0. The van der Waals surface area contributed by atoms with Crippen LogP contribution in [-0.4, -0.2) is 72.4 Å². The lowest BCUT2D eigenvalue weighted by molar-refractivity contribution is -0.120. The summed E-state index contributed by atoms with van der Waals surface area (Å²) in [6.45, 7) is 2.46. The predicted octanol–water partition coefficient (Wildman–Crippen LogP) is 2.06. The lowest BCUT2D eigenvalue weighted by Crippen LogP contribution is -2.47. The Kier molecular flexibility index (Phi) is 6.98. The van der Waals surface area contributed by atoms with E-state index in [1.807, 2.05) is 23.1 Å². The molecule has 1 atom stereocenters. The van der Waals surface area contributed by atoms with Gasteiger partial charge in [-0.05, 0) is 43.2 Å². The third kappa shape index (κ3) is 4.90. The van der Waals surface area contributed by atoms with Crippen LogP contribution in [0.5, 0.6) is 5.75 Å². The number of nitrogens with zero attached hydrogens (tertiary/aromatic N) is 5. The van der Waals surface area contributed by atoms with E-state index in [9.17, 15) is 14.0 Å². The van der Waals surface area contributed by atoms with Crippen molar-refractivity contribution in [3.8, 4) is 28.8 Å². The molecule has 3 heterocycles. The van der Waals surface area contributed by atoms with Gasteiger partial charge in [0.15, 0.2) is 5.69 Å². The number of methoxy groups -OCH3 is 1. The Morgan fingerprint density at radius 2 is 2.08 bits per heavy atom. The van der Waals surface area contributed by atoms with Gasteiger partial charge in [-0.2, -0.15) is 10.4 Å². The van der Waals surface area contributed by atoms with E-state index in [-0.39, 0.29) is 35.7 Å². The number of carbonyl (C=O) groups excluding carboxylic acids is 2. The van der Waals surface area contributed by atoms with Crippen molar-refractivity contribution in [2.24, 2.45) is 5.73 Å². The molecular formula is C27H28FN7O3. The van der Waals surface area contributed by atoms with E-state index in [1.54, 1.807) is 27.8 Å². The summed E-state index contributed by atoms with van der Waals surface area (Å²) in [5.74, 6) is -0.523. The van der Waals surface area contributed by atoms with Gasteiger partial charge in [-0.1, -0.05) is 6.07 Å². The summed E-state index contributed by atoms with van der Waals surface area (Å²) in [7, 11) is 1.53. The molecule has 38 heavy (non-hydrogen) atoms. The minimum absolute atomic E-state index is 0.0583. The van der Waals surface area contributed by atoms with Crippen LogP contribution in [0.25, 0.3) is 16.9 Å². The number of benzene rings is 2. The Bertz CT molecular complexity index is 1430. The quantitative estimate of drug-likeness (QED) is 0.530. The number of piperazine rings is 1. The second-order valence-electron chi connectivity index (χ2n) is 9.41. The Morgan fingerprint density at radius 1 is 1.24 bits per heavy atom. The van der Waals surface area contributed by atoms with Crippen molar-refractivity contribution in [3.05, 3.63) is 59.5 Å². The molecule has 0 radical (unpaired) electrons. The SMILES string of the molecule is COc1cc(N2CCNC(=O)C2)ccc1-n1nc(C(=O)N2CCC[C@@H](N)C2)cc1-c1ccc(C#N)c(F)c1. The third-order valence-electron chi connectivity index (χ3n) is 6.85. The molecule has 2 aliphatic rings. The minimum Gasteiger partial charge on any atom is -0.494 e. The van der Waals surface area contributed by atoms with Crippen molar-refractivity contribution in [1.82, 2.24) is 20.0 Å². The predicted molar refractivity (Wildman–Crippen MR) is 139 cm³/mol. The Labute approximate surface area is 219 Å². The second kappa shape index (κ2) is 10.5. The van der Waals surface area contributed by atoms with Crippen molar-refractivity contribution in [3.63, 3.8) is 0 Å². The van der Waals surface area contributed by atoms with E-state index in [2.05, 4.69) is 10.4 Å². The van der Waals surface area contributed by atoms with Crippen LogP contribution < -0.4 is 20.7 Å². The van der Waals surface area contributed by atoms with Gasteiger partial charge in [0.05, 0.1) is 24.9 Å². The first-order valence-corrected chi connectivity index (χ1v) is 12.4. The summed E-state index contributed by atoms with van der Waals surface area (Å²) in [6, 6.07) is 13.1. The summed E-state index contributed by atoms with van der Waals surface area (Å²) < 4.78 is 21.8. The molecule has 2 amide bonds. The maximum atomic E-state index is 14.6. The number of nitrogens with two attached hydrogens (primary N) is 1. The topological polar surface area (TPSA) is 130 Å². The summed E-state index contributed by atoms with van der Waals surface area (Å²) in [6.07, 6.45) is 1.67. The molecule has 11 heteroatoms. The third-order valence-corrected chi connectivity index (χ3v) is 6.85. The van der Waals surface area contributed by atoms with E-state index in [4.69, 9.17) is 15.7 Å². The Morgan fingerprint density at radius 3 is 2.79 bits per heavy atom. The number of rotatable bonds is 5. The van der Waals surface area contributed by atoms with E-state index in [0.717, 1.165) is 18.5 Å². The van der Waals surface area contributed by atoms with Crippen LogP contribution in [0.15, 0.2) is 42.5 Å². The summed E-state index contributed by atoms with van der Waals surface area (Å²) in [5.41, 5.74) is 8.45. The number of amides is 2. The van der Waals surface area contributed by atoms with Gasteiger partial charge in [0.1, 0.15) is 23.3 Å².